The summed E-state index contributed by atoms with van der Waals surface area (Å²) in [6, 6.07) is 9.43. The molecule has 21 heavy (non-hydrogen) atoms. The summed E-state index contributed by atoms with van der Waals surface area (Å²) in [6.45, 7) is 4.90. The van der Waals surface area contributed by atoms with Gasteiger partial charge in [-0.3, -0.25) is 0 Å². The molecule has 0 aliphatic rings. The molecule has 0 radical (unpaired) electrons. The van der Waals surface area contributed by atoms with Crippen LogP contribution in [0.15, 0.2) is 34.7 Å². The molecule has 0 bridgehead atoms. The minimum atomic E-state index is 0.630. The van der Waals surface area contributed by atoms with Crippen molar-refractivity contribution in [2.45, 2.75) is 20.3 Å². The highest BCUT2D eigenvalue weighted by atomic mass is 35.5. The summed E-state index contributed by atoms with van der Waals surface area (Å²) >= 11 is 6.00. The number of aryl methyl sites for hydroxylation is 1. The average molecular weight is 302 g/mol. The summed E-state index contributed by atoms with van der Waals surface area (Å²) in [6.07, 6.45) is 1.02. The zero-order valence-electron chi connectivity index (χ0n) is 12.0. The van der Waals surface area contributed by atoms with E-state index in [0.29, 0.717) is 11.0 Å². The molecule has 4 nitrogen and oxygen atoms in total. The summed E-state index contributed by atoms with van der Waals surface area (Å²) < 4.78 is 5.85. The quantitative estimate of drug-likeness (QED) is 0.760. The van der Waals surface area contributed by atoms with Crippen molar-refractivity contribution in [3.63, 3.8) is 0 Å². The van der Waals surface area contributed by atoms with E-state index < -0.39 is 0 Å². The van der Waals surface area contributed by atoms with Crippen LogP contribution in [0.1, 0.15) is 19.0 Å². The number of rotatable bonds is 4. The van der Waals surface area contributed by atoms with Gasteiger partial charge in [-0.1, -0.05) is 18.5 Å². The number of hydrogen-bond acceptors (Lipinski definition) is 4. The molecule has 108 valence electrons. The largest absolute Gasteiger partial charge is 0.454 e. The molecule has 1 aromatic carbocycles. The lowest BCUT2D eigenvalue weighted by molar-refractivity contribution is 0.628. The first kappa shape index (κ1) is 13.9. The highest BCUT2D eigenvalue weighted by Gasteiger charge is 2.10. The molecule has 2 aromatic heterocycles. The topological polar surface area (TPSA) is 51.0 Å². The number of benzene rings is 1. The molecule has 0 fully saturated rings. The Balaban J connectivity index is 2.02. The number of aromatic nitrogens is 2. The maximum Gasteiger partial charge on any atom is 0.223 e. The van der Waals surface area contributed by atoms with E-state index in [1.165, 1.54) is 0 Å². The lowest BCUT2D eigenvalue weighted by Crippen LogP contribution is -2.05. The van der Waals surface area contributed by atoms with Crippen molar-refractivity contribution in [2.75, 3.05) is 11.9 Å². The van der Waals surface area contributed by atoms with Crippen LogP contribution in [0.3, 0.4) is 0 Å². The van der Waals surface area contributed by atoms with Crippen molar-refractivity contribution in [2.24, 2.45) is 0 Å². The number of nitrogens with zero attached hydrogens (tertiary/aromatic N) is 2. The van der Waals surface area contributed by atoms with Gasteiger partial charge in [-0.25, -0.2) is 9.97 Å². The maximum absolute atomic E-state index is 6.00. The molecule has 0 amide bonds. The Morgan fingerprint density at radius 1 is 1.19 bits per heavy atom. The van der Waals surface area contributed by atoms with Gasteiger partial charge in [0.1, 0.15) is 11.3 Å². The Morgan fingerprint density at radius 2 is 2.05 bits per heavy atom. The van der Waals surface area contributed by atoms with Crippen LogP contribution in [0.25, 0.3) is 22.4 Å². The Labute approximate surface area is 128 Å². The Morgan fingerprint density at radius 3 is 2.86 bits per heavy atom. The molecule has 0 saturated heterocycles. The predicted octanol–water partition coefficient (Wildman–Crippen LogP) is 4.67. The summed E-state index contributed by atoms with van der Waals surface area (Å²) in [5, 5.41) is 4.87. The van der Waals surface area contributed by atoms with Gasteiger partial charge < -0.3 is 9.73 Å². The molecule has 1 N–H and O–H groups in total. The second kappa shape index (κ2) is 5.74. The van der Waals surface area contributed by atoms with Crippen molar-refractivity contribution < 1.29 is 4.42 Å². The first-order valence-corrected chi connectivity index (χ1v) is 7.32. The van der Waals surface area contributed by atoms with Gasteiger partial charge in [-0.2, -0.15) is 0 Å². The fourth-order valence-corrected chi connectivity index (χ4v) is 2.33. The van der Waals surface area contributed by atoms with Gasteiger partial charge in [0.05, 0.1) is 0 Å². The van der Waals surface area contributed by atoms with Gasteiger partial charge in [0.15, 0.2) is 5.76 Å². The van der Waals surface area contributed by atoms with Crippen LogP contribution < -0.4 is 5.32 Å². The third-order valence-corrected chi connectivity index (χ3v) is 3.35. The van der Waals surface area contributed by atoms with Crippen molar-refractivity contribution in [3.05, 3.63) is 41.0 Å². The highest BCUT2D eigenvalue weighted by Crippen LogP contribution is 2.29. The smallest absolute Gasteiger partial charge is 0.223 e. The van der Waals surface area contributed by atoms with Crippen LogP contribution in [0, 0.1) is 6.92 Å². The van der Waals surface area contributed by atoms with E-state index in [4.69, 9.17) is 16.0 Å². The van der Waals surface area contributed by atoms with E-state index in [9.17, 15) is 0 Å². The van der Waals surface area contributed by atoms with Crippen LogP contribution in [0.4, 0.5) is 5.95 Å². The van der Waals surface area contributed by atoms with E-state index in [1.54, 1.807) is 0 Å². The van der Waals surface area contributed by atoms with Gasteiger partial charge in [-0.05, 0) is 43.7 Å². The van der Waals surface area contributed by atoms with Crippen LogP contribution in [0.2, 0.25) is 5.02 Å². The average Bonchev–Trinajstić information content (AvgIpc) is 2.87. The molecule has 3 aromatic rings. The van der Waals surface area contributed by atoms with Gasteiger partial charge in [0, 0.05) is 22.6 Å². The summed E-state index contributed by atoms with van der Waals surface area (Å²) in [4.78, 5) is 8.89. The highest BCUT2D eigenvalue weighted by molar-refractivity contribution is 6.31. The number of fused-ring (bicyclic) bond motifs is 1. The number of hydrogen-bond donors (Lipinski definition) is 1. The number of halogens is 1. The number of nitrogens with one attached hydrogen (secondary N) is 1. The van der Waals surface area contributed by atoms with Crippen LogP contribution in [0.5, 0.6) is 0 Å². The summed E-state index contributed by atoms with van der Waals surface area (Å²) in [5.41, 5.74) is 2.47. The molecular weight excluding hydrogens is 286 g/mol. The van der Waals surface area contributed by atoms with Crippen molar-refractivity contribution in [3.8, 4) is 11.5 Å². The number of anilines is 1. The van der Waals surface area contributed by atoms with Crippen molar-refractivity contribution in [1.82, 2.24) is 9.97 Å². The summed E-state index contributed by atoms with van der Waals surface area (Å²) in [5.74, 6) is 1.35. The molecule has 5 heteroatoms. The van der Waals surface area contributed by atoms with Crippen LogP contribution in [-0.2, 0) is 0 Å². The molecule has 0 atom stereocenters. The Hall–Kier alpha value is -2.07. The van der Waals surface area contributed by atoms with Gasteiger partial charge in [0.2, 0.25) is 5.95 Å². The van der Waals surface area contributed by atoms with Crippen molar-refractivity contribution in [1.29, 1.82) is 0 Å². The van der Waals surface area contributed by atoms with Gasteiger partial charge in [-0.15, -0.1) is 0 Å². The third kappa shape index (κ3) is 3.00. The van der Waals surface area contributed by atoms with Crippen LogP contribution >= 0.6 is 11.6 Å². The Kier molecular flexibility index (Phi) is 3.80. The normalized spacial score (nSPS) is 11.0. The summed E-state index contributed by atoms with van der Waals surface area (Å²) in [7, 11) is 0. The van der Waals surface area contributed by atoms with E-state index in [-0.39, 0.29) is 0 Å². The molecule has 0 spiro atoms. The zero-order chi connectivity index (χ0) is 14.8. The first-order valence-electron chi connectivity index (χ1n) is 6.95. The fraction of sp³-hybridized carbons (Fsp3) is 0.250. The Bertz CT molecular complexity index is 782. The van der Waals surface area contributed by atoms with E-state index in [2.05, 4.69) is 22.2 Å². The minimum Gasteiger partial charge on any atom is -0.454 e. The lowest BCUT2D eigenvalue weighted by Gasteiger charge is -2.05. The fourth-order valence-electron chi connectivity index (χ4n) is 2.15. The van der Waals surface area contributed by atoms with Crippen molar-refractivity contribution >= 4 is 28.5 Å². The minimum absolute atomic E-state index is 0.630. The van der Waals surface area contributed by atoms with E-state index in [1.807, 2.05) is 37.3 Å². The van der Waals surface area contributed by atoms with E-state index in [0.717, 1.165) is 41.1 Å². The zero-order valence-corrected chi connectivity index (χ0v) is 12.7. The molecular formula is C16H16ClN3O. The standard InChI is InChI=1S/C16H16ClN3O/c1-3-6-18-16-19-10(2)7-13(20-16)15-9-11-8-12(17)4-5-14(11)21-15/h4-5,7-9H,3,6H2,1-2H3,(H,18,19,20). The number of furan rings is 1. The SMILES string of the molecule is CCCNc1nc(C)cc(-c2cc3cc(Cl)ccc3o2)n1. The molecule has 0 unspecified atom stereocenters. The molecule has 0 aliphatic heterocycles. The third-order valence-electron chi connectivity index (χ3n) is 3.12. The second-order valence-electron chi connectivity index (χ2n) is 4.94. The molecule has 0 saturated carbocycles. The van der Waals surface area contributed by atoms with Crippen LogP contribution in [-0.4, -0.2) is 16.5 Å². The van der Waals surface area contributed by atoms with E-state index >= 15 is 0 Å². The monoisotopic (exact) mass is 301 g/mol. The van der Waals surface area contributed by atoms with Gasteiger partial charge in [0.25, 0.3) is 0 Å². The second-order valence-corrected chi connectivity index (χ2v) is 5.37. The molecule has 2 heterocycles. The molecule has 3 rings (SSSR count). The van der Waals surface area contributed by atoms with Gasteiger partial charge >= 0.3 is 0 Å². The molecule has 0 aliphatic carbocycles. The lowest BCUT2D eigenvalue weighted by atomic mass is 10.2. The predicted molar refractivity (Wildman–Crippen MR) is 85.8 cm³/mol. The first-order chi connectivity index (χ1) is 10.2. The maximum atomic E-state index is 6.00.